The van der Waals surface area contributed by atoms with Gasteiger partial charge in [-0.2, -0.15) is 0 Å². The monoisotopic (exact) mass is 292 g/mol. The molecule has 4 nitrogen and oxygen atoms in total. The summed E-state index contributed by atoms with van der Waals surface area (Å²) in [5, 5.41) is 3.09. The maximum atomic E-state index is 12.8. The Morgan fingerprint density at radius 1 is 0.952 bits per heavy atom. The van der Waals surface area contributed by atoms with Crippen LogP contribution in [0.5, 0.6) is 0 Å². The summed E-state index contributed by atoms with van der Waals surface area (Å²) < 4.78 is 0. The molecule has 1 saturated heterocycles. The summed E-state index contributed by atoms with van der Waals surface area (Å²) in [5.74, 6) is 0.808. The summed E-state index contributed by atoms with van der Waals surface area (Å²) in [6, 6.07) is 0.163. The zero-order chi connectivity index (χ0) is 14.7. The van der Waals surface area contributed by atoms with Crippen LogP contribution in [-0.4, -0.2) is 35.8 Å². The molecule has 0 aromatic carbocycles. The van der Waals surface area contributed by atoms with Crippen molar-refractivity contribution in [2.24, 2.45) is 11.8 Å². The number of nitrogens with zero attached hydrogens (tertiary/aromatic N) is 1. The van der Waals surface area contributed by atoms with Crippen LogP contribution < -0.4 is 5.32 Å². The van der Waals surface area contributed by atoms with Crippen LogP contribution in [0.4, 0.5) is 0 Å². The zero-order valence-corrected chi connectivity index (χ0v) is 13.0. The molecule has 3 rings (SSSR count). The van der Waals surface area contributed by atoms with Crippen LogP contribution in [0.1, 0.15) is 64.2 Å². The maximum absolute atomic E-state index is 12.8. The minimum absolute atomic E-state index is 0.0344. The number of amides is 2. The van der Waals surface area contributed by atoms with Crippen LogP contribution in [0.2, 0.25) is 0 Å². The summed E-state index contributed by atoms with van der Waals surface area (Å²) in [6.45, 7) is 1.67. The number of fused-ring (bicyclic) bond motifs is 1. The van der Waals surface area contributed by atoms with Crippen LogP contribution in [-0.2, 0) is 9.59 Å². The molecule has 2 aliphatic carbocycles. The van der Waals surface area contributed by atoms with Crippen molar-refractivity contribution in [2.75, 3.05) is 13.1 Å². The second-order valence-electron chi connectivity index (χ2n) is 6.97. The van der Waals surface area contributed by atoms with Crippen LogP contribution in [0.25, 0.3) is 0 Å². The van der Waals surface area contributed by atoms with E-state index < -0.39 is 0 Å². The first-order valence-electron chi connectivity index (χ1n) is 8.85. The molecular weight excluding hydrogens is 264 g/mol. The molecule has 2 amide bonds. The molecule has 3 aliphatic rings. The molecule has 118 valence electrons. The Balaban J connectivity index is 1.75. The zero-order valence-electron chi connectivity index (χ0n) is 13.0. The molecule has 0 bridgehead atoms. The third kappa shape index (κ3) is 3.24. The third-order valence-corrected chi connectivity index (χ3v) is 5.58. The second-order valence-corrected chi connectivity index (χ2v) is 6.97. The SMILES string of the molecule is O=C1NCCCCCCN(C(=O)C2CCC2)[C@H]2CCC[C@@H]12. The van der Waals surface area contributed by atoms with Crippen LogP contribution >= 0.6 is 0 Å². The fraction of sp³-hybridized carbons (Fsp3) is 0.882. The van der Waals surface area contributed by atoms with Crippen molar-refractivity contribution >= 4 is 11.8 Å². The summed E-state index contributed by atoms with van der Waals surface area (Å²) in [5.41, 5.74) is 0. The number of carbonyl (C=O) groups is 2. The fourth-order valence-corrected chi connectivity index (χ4v) is 4.05. The van der Waals surface area contributed by atoms with Gasteiger partial charge in [-0.3, -0.25) is 9.59 Å². The van der Waals surface area contributed by atoms with Gasteiger partial charge in [0.2, 0.25) is 11.8 Å². The minimum Gasteiger partial charge on any atom is -0.356 e. The van der Waals surface area contributed by atoms with Gasteiger partial charge in [0.05, 0.1) is 5.92 Å². The highest BCUT2D eigenvalue weighted by Crippen LogP contribution is 2.35. The predicted octanol–water partition coefficient (Wildman–Crippen LogP) is 2.47. The highest BCUT2D eigenvalue weighted by atomic mass is 16.2. The largest absolute Gasteiger partial charge is 0.356 e. The van der Waals surface area contributed by atoms with Gasteiger partial charge >= 0.3 is 0 Å². The first kappa shape index (κ1) is 14.9. The topological polar surface area (TPSA) is 49.4 Å². The lowest BCUT2D eigenvalue weighted by Gasteiger charge is -2.37. The van der Waals surface area contributed by atoms with E-state index in [0.717, 1.165) is 64.5 Å². The van der Waals surface area contributed by atoms with E-state index in [4.69, 9.17) is 0 Å². The van der Waals surface area contributed by atoms with Crippen molar-refractivity contribution in [1.29, 1.82) is 0 Å². The molecule has 4 heteroatoms. The predicted molar refractivity (Wildman–Crippen MR) is 81.7 cm³/mol. The molecular formula is C17H28N2O2. The summed E-state index contributed by atoms with van der Waals surface area (Å²) in [4.78, 5) is 27.3. The van der Waals surface area contributed by atoms with Gasteiger partial charge in [-0.1, -0.05) is 25.7 Å². The van der Waals surface area contributed by atoms with E-state index >= 15 is 0 Å². The van der Waals surface area contributed by atoms with E-state index in [-0.39, 0.29) is 23.8 Å². The van der Waals surface area contributed by atoms with Crippen molar-refractivity contribution < 1.29 is 9.59 Å². The summed E-state index contributed by atoms with van der Waals surface area (Å²) >= 11 is 0. The molecule has 0 spiro atoms. The van der Waals surface area contributed by atoms with Crippen molar-refractivity contribution in [3.05, 3.63) is 0 Å². The van der Waals surface area contributed by atoms with E-state index in [1.165, 1.54) is 12.8 Å². The molecule has 1 heterocycles. The summed E-state index contributed by atoms with van der Waals surface area (Å²) in [6.07, 6.45) is 10.8. The first-order chi connectivity index (χ1) is 10.3. The van der Waals surface area contributed by atoms with Gasteiger partial charge in [0.25, 0.3) is 0 Å². The Labute approximate surface area is 127 Å². The Morgan fingerprint density at radius 3 is 2.48 bits per heavy atom. The van der Waals surface area contributed by atoms with Gasteiger partial charge in [-0.15, -0.1) is 0 Å². The quantitative estimate of drug-likeness (QED) is 0.807. The van der Waals surface area contributed by atoms with Crippen molar-refractivity contribution in [1.82, 2.24) is 10.2 Å². The molecule has 2 atom stereocenters. The normalized spacial score (nSPS) is 31.8. The number of nitrogens with one attached hydrogen (secondary N) is 1. The number of hydrogen-bond donors (Lipinski definition) is 1. The highest BCUT2D eigenvalue weighted by molar-refractivity contribution is 5.83. The average molecular weight is 292 g/mol. The molecule has 0 aromatic heterocycles. The number of rotatable bonds is 1. The first-order valence-corrected chi connectivity index (χ1v) is 8.85. The van der Waals surface area contributed by atoms with Crippen molar-refractivity contribution in [3.63, 3.8) is 0 Å². The fourth-order valence-electron chi connectivity index (χ4n) is 4.05. The van der Waals surface area contributed by atoms with Crippen LogP contribution in [0.15, 0.2) is 0 Å². The number of carbonyl (C=O) groups excluding carboxylic acids is 2. The van der Waals surface area contributed by atoms with E-state index in [2.05, 4.69) is 10.2 Å². The van der Waals surface area contributed by atoms with E-state index in [0.29, 0.717) is 5.91 Å². The Bertz CT molecular complexity index is 392. The van der Waals surface area contributed by atoms with Gasteiger partial charge in [0.1, 0.15) is 0 Å². The Kier molecular flexibility index (Phi) is 4.81. The summed E-state index contributed by atoms with van der Waals surface area (Å²) in [7, 11) is 0. The molecule has 0 unspecified atom stereocenters. The van der Waals surface area contributed by atoms with Crippen LogP contribution in [0, 0.1) is 11.8 Å². The van der Waals surface area contributed by atoms with Gasteiger partial charge in [0, 0.05) is 25.0 Å². The average Bonchev–Trinajstić information content (AvgIpc) is 2.87. The number of hydrogen-bond acceptors (Lipinski definition) is 2. The molecule has 1 aliphatic heterocycles. The lowest BCUT2D eigenvalue weighted by Crippen LogP contribution is -2.50. The molecule has 21 heavy (non-hydrogen) atoms. The maximum Gasteiger partial charge on any atom is 0.225 e. The molecule has 2 saturated carbocycles. The lowest BCUT2D eigenvalue weighted by molar-refractivity contribution is -0.142. The molecule has 0 aromatic rings. The van der Waals surface area contributed by atoms with Gasteiger partial charge in [0.15, 0.2) is 0 Å². The van der Waals surface area contributed by atoms with E-state index in [1.807, 2.05) is 0 Å². The van der Waals surface area contributed by atoms with Gasteiger partial charge in [-0.05, 0) is 38.5 Å². The second kappa shape index (κ2) is 6.80. The molecule has 3 fully saturated rings. The Hall–Kier alpha value is -1.06. The lowest BCUT2D eigenvalue weighted by atomic mass is 9.83. The van der Waals surface area contributed by atoms with E-state index in [9.17, 15) is 9.59 Å². The Morgan fingerprint density at radius 2 is 1.71 bits per heavy atom. The third-order valence-electron chi connectivity index (χ3n) is 5.58. The molecule has 0 radical (unpaired) electrons. The van der Waals surface area contributed by atoms with E-state index in [1.54, 1.807) is 0 Å². The molecule has 1 N–H and O–H groups in total. The van der Waals surface area contributed by atoms with Gasteiger partial charge < -0.3 is 10.2 Å². The van der Waals surface area contributed by atoms with Crippen molar-refractivity contribution in [3.8, 4) is 0 Å². The smallest absolute Gasteiger partial charge is 0.225 e. The van der Waals surface area contributed by atoms with Crippen molar-refractivity contribution in [2.45, 2.75) is 70.3 Å². The standard InChI is InChI=1S/C17H28N2O2/c20-16-14-9-6-10-15(14)19(17(21)13-7-5-8-13)12-4-2-1-3-11-18-16/h13-15H,1-12H2,(H,18,20)/t14-,15+/m1/s1. The van der Waals surface area contributed by atoms with Gasteiger partial charge in [-0.25, -0.2) is 0 Å². The highest BCUT2D eigenvalue weighted by Gasteiger charge is 2.41. The minimum atomic E-state index is 0.0344. The van der Waals surface area contributed by atoms with Crippen LogP contribution in [0.3, 0.4) is 0 Å².